The van der Waals surface area contributed by atoms with Crippen molar-refractivity contribution in [2.24, 2.45) is 0 Å². The minimum atomic E-state index is -0.355. The van der Waals surface area contributed by atoms with Gasteiger partial charge in [-0.3, -0.25) is 4.79 Å². The summed E-state index contributed by atoms with van der Waals surface area (Å²) in [5.41, 5.74) is 1.35. The Kier molecular flexibility index (Phi) is 5.33. The molecule has 21 heavy (non-hydrogen) atoms. The third-order valence-electron chi connectivity index (χ3n) is 2.57. The minimum absolute atomic E-state index is 0.0166. The van der Waals surface area contributed by atoms with E-state index >= 15 is 0 Å². The molecule has 1 heterocycles. The molecule has 2 rings (SSSR count). The van der Waals surface area contributed by atoms with Crippen LogP contribution in [0, 0.1) is 11.8 Å². The molecule has 0 aliphatic heterocycles. The average Bonchev–Trinajstić information content (AvgIpc) is 2.48. The van der Waals surface area contributed by atoms with Crippen LogP contribution in [-0.2, 0) is 0 Å². The van der Waals surface area contributed by atoms with E-state index in [1.54, 1.807) is 36.4 Å². The summed E-state index contributed by atoms with van der Waals surface area (Å²) in [6.07, 6.45) is 1.88. The zero-order valence-electron chi connectivity index (χ0n) is 11.1. The second kappa shape index (κ2) is 7.44. The fraction of sp³-hybridized carbons (Fsp3) is 0.125. The molecule has 0 radical (unpaired) electrons. The van der Waals surface area contributed by atoms with Gasteiger partial charge < -0.3 is 10.4 Å². The van der Waals surface area contributed by atoms with Crippen molar-refractivity contribution in [1.82, 2.24) is 4.98 Å². The van der Waals surface area contributed by atoms with Gasteiger partial charge in [0.05, 0.1) is 12.2 Å². The molecule has 2 aromatic rings. The second-order valence-corrected chi connectivity index (χ2v) is 4.58. The van der Waals surface area contributed by atoms with Gasteiger partial charge in [0, 0.05) is 23.3 Å². The molecule has 1 aromatic carbocycles. The zero-order valence-corrected chi connectivity index (χ0v) is 11.9. The van der Waals surface area contributed by atoms with E-state index in [1.165, 1.54) is 6.20 Å². The standard InChI is InChI=1S/C16H13ClN2O2/c17-13-7-3-8-14(11-13)19-16(21)15-12(5-1-2-10-20)6-4-9-18-15/h3-4,6-9,11,20H,2,10H2,(H,19,21). The van der Waals surface area contributed by atoms with Crippen LogP contribution in [0.25, 0.3) is 0 Å². The number of nitrogens with one attached hydrogen (secondary N) is 1. The topological polar surface area (TPSA) is 62.2 Å². The summed E-state index contributed by atoms with van der Waals surface area (Å²) in [5, 5.41) is 12.0. The Morgan fingerprint density at radius 1 is 1.33 bits per heavy atom. The van der Waals surface area contributed by atoms with Gasteiger partial charge in [-0.25, -0.2) is 4.98 Å². The van der Waals surface area contributed by atoms with Crippen LogP contribution in [0.1, 0.15) is 22.5 Å². The summed E-state index contributed by atoms with van der Waals surface area (Å²) >= 11 is 5.88. The Labute approximate surface area is 127 Å². The number of carbonyl (C=O) groups excluding carboxylic acids is 1. The van der Waals surface area contributed by atoms with E-state index in [-0.39, 0.29) is 18.2 Å². The summed E-state index contributed by atoms with van der Waals surface area (Å²) in [6, 6.07) is 10.3. The van der Waals surface area contributed by atoms with Crippen molar-refractivity contribution in [3.05, 3.63) is 58.9 Å². The number of rotatable bonds is 3. The molecule has 0 unspecified atom stereocenters. The van der Waals surface area contributed by atoms with Gasteiger partial charge >= 0.3 is 0 Å². The number of aromatic nitrogens is 1. The van der Waals surface area contributed by atoms with E-state index in [0.717, 1.165) is 0 Å². The maximum Gasteiger partial charge on any atom is 0.275 e. The van der Waals surface area contributed by atoms with Crippen LogP contribution in [0.5, 0.6) is 0 Å². The lowest BCUT2D eigenvalue weighted by molar-refractivity contribution is 0.102. The molecule has 1 amide bonds. The van der Waals surface area contributed by atoms with Crippen molar-refractivity contribution in [2.45, 2.75) is 6.42 Å². The van der Waals surface area contributed by atoms with Crippen molar-refractivity contribution >= 4 is 23.2 Å². The summed E-state index contributed by atoms with van der Waals surface area (Å²) in [7, 11) is 0. The lowest BCUT2D eigenvalue weighted by Gasteiger charge is -2.06. The summed E-state index contributed by atoms with van der Waals surface area (Å²) in [6.45, 7) is -0.0166. The number of halogens is 1. The van der Waals surface area contributed by atoms with Crippen molar-refractivity contribution in [3.8, 4) is 11.8 Å². The molecule has 5 heteroatoms. The fourth-order valence-corrected chi connectivity index (χ4v) is 1.85. The smallest absolute Gasteiger partial charge is 0.275 e. The molecule has 106 valence electrons. The number of aliphatic hydroxyl groups excluding tert-OH is 1. The Bertz CT molecular complexity index is 705. The van der Waals surface area contributed by atoms with Crippen molar-refractivity contribution in [2.75, 3.05) is 11.9 Å². The molecule has 0 aliphatic rings. The number of carbonyl (C=O) groups is 1. The van der Waals surface area contributed by atoms with Gasteiger partial charge in [0.1, 0.15) is 5.69 Å². The molecule has 0 saturated heterocycles. The lowest BCUT2D eigenvalue weighted by atomic mass is 10.1. The van der Waals surface area contributed by atoms with E-state index in [9.17, 15) is 4.79 Å². The number of amides is 1. The molecular formula is C16H13ClN2O2. The molecule has 0 atom stereocenters. The Balaban J connectivity index is 2.22. The normalized spacial score (nSPS) is 9.62. The Morgan fingerprint density at radius 3 is 2.95 bits per heavy atom. The van der Waals surface area contributed by atoms with Gasteiger partial charge in [-0.1, -0.05) is 29.5 Å². The van der Waals surface area contributed by atoms with Gasteiger partial charge in [0.2, 0.25) is 0 Å². The predicted molar refractivity (Wildman–Crippen MR) is 82.2 cm³/mol. The number of aliphatic hydroxyl groups is 1. The quantitative estimate of drug-likeness (QED) is 0.857. The Morgan fingerprint density at radius 2 is 2.19 bits per heavy atom. The second-order valence-electron chi connectivity index (χ2n) is 4.14. The van der Waals surface area contributed by atoms with E-state index < -0.39 is 0 Å². The first-order valence-corrected chi connectivity index (χ1v) is 6.70. The van der Waals surface area contributed by atoms with Gasteiger partial charge in [-0.15, -0.1) is 0 Å². The van der Waals surface area contributed by atoms with Crippen LogP contribution < -0.4 is 5.32 Å². The molecule has 0 fully saturated rings. The Hall–Kier alpha value is -2.35. The van der Waals surface area contributed by atoms with Crippen molar-refractivity contribution in [3.63, 3.8) is 0 Å². The van der Waals surface area contributed by atoms with Crippen LogP contribution >= 0.6 is 11.6 Å². The van der Waals surface area contributed by atoms with Crippen LogP contribution in [0.3, 0.4) is 0 Å². The molecule has 2 N–H and O–H groups in total. The van der Waals surface area contributed by atoms with Crippen molar-refractivity contribution < 1.29 is 9.90 Å². The highest BCUT2D eigenvalue weighted by Gasteiger charge is 2.11. The van der Waals surface area contributed by atoms with Gasteiger partial charge in [-0.05, 0) is 30.3 Å². The van der Waals surface area contributed by atoms with Crippen LogP contribution in [0.15, 0.2) is 42.6 Å². The van der Waals surface area contributed by atoms with E-state index in [4.69, 9.17) is 16.7 Å². The van der Waals surface area contributed by atoms with E-state index in [1.807, 2.05) is 0 Å². The zero-order chi connectivity index (χ0) is 15.1. The molecular weight excluding hydrogens is 288 g/mol. The molecule has 0 saturated carbocycles. The fourth-order valence-electron chi connectivity index (χ4n) is 1.66. The number of pyridine rings is 1. The first kappa shape index (κ1) is 15.0. The molecule has 1 aromatic heterocycles. The van der Waals surface area contributed by atoms with E-state index in [0.29, 0.717) is 22.7 Å². The third kappa shape index (κ3) is 4.32. The number of hydrogen-bond acceptors (Lipinski definition) is 3. The number of hydrogen-bond donors (Lipinski definition) is 2. The van der Waals surface area contributed by atoms with Crippen LogP contribution in [0.4, 0.5) is 5.69 Å². The van der Waals surface area contributed by atoms with Crippen molar-refractivity contribution in [1.29, 1.82) is 0 Å². The average molecular weight is 301 g/mol. The van der Waals surface area contributed by atoms with Gasteiger partial charge in [-0.2, -0.15) is 0 Å². The number of anilines is 1. The van der Waals surface area contributed by atoms with E-state index in [2.05, 4.69) is 22.1 Å². The monoisotopic (exact) mass is 300 g/mol. The molecule has 0 aliphatic carbocycles. The first-order chi connectivity index (χ1) is 10.2. The summed E-state index contributed by atoms with van der Waals surface area (Å²) < 4.78 is 0. The largest absolute Gasteiger partial charge is 0.395 e. The lowest BCUT2D eigenvalue weighted by Crippen LogP contribution is -2.15. The third-order valence-corrected chi connectivity index (χ3v) is 2.80. The van der Waals surface area contributed by atoms with Gasteiger partial charge in [0.25, 0.3) is 5.91 Å². The first-order valence-electron chi connectivity index (χ1n) is 6.32. The van der Waals surface area contributed by atoms with Gasteiger partial charge in [0.15, 0.2) is 0 Å². The highest BCUT2D eigenvalue weighted by molar-refractivity contribution is 6.30. The minimum Gasteiger partial charge on any atom is -0.395 e. The maximum atomic E-state index is 12.2. The molecule has 0 spiro atoms. The summed E-state index contributed by atoms with van der Waals surface area (Å²) in [4.78, 5) is 16.3. The number of nitrogens with zero attached hydrogens (tertiary/aromatic N) is 1. The number of benzene rings is 1. The molecule has 0 bridgehead atoms. The van der Waals surface area contributed by atoms with Crippen LogP contribution in [-0.4, -0.2) is 22.6 Å². The molecule has 4 nitrogen and oxygen atoms in total. The van der Waals surface area contributed by atoms with Crippen LogP contribution in [0.2, 0.25) is 5.02 Å². The highest BCUT2D eigenvalue weighted by atomic mass is 35.5. The SMILES string of the molecule is O=C(Nc1cccc(Cl)c1)c1ncccc1C#CCCO. The summed E-state index contributed by atoms with van der Waals surface area (Å²) in [5.74, 6) is 5.26. The maximum absolute atomic E-state index is 12.2. The highest BCUT2D eigenvalue weighted by Crippen LogP contribution is 2.16. The predicted octanol–water partition coefficient (Wildman–Crippen LogP) is 2.72.